The van der Waals surface area contributed by atoms with E-state index < -0.39 is 0 Å². The Labute approximate surface area is 137 Å². The molecule has 0 radical (unpaired) electrons. The lowest BCUT2D eigenvalue weighted by atomic mass is 10.1. The van der Waals surface area contributed by atoms with Gasteiger partial charge in [0.2, 0.25) is 0 Å². The molecule has 0 aliphatic carbocycles. The third-order valence-corrected chi connectivity index (χ3v) is 4.39. The molecule has 22 heavy (non-hydrogen) atoms. The maximum absolute atomic E-state index is 9.02. The maximum Gasteiger partial charge on any atom is 0.102 e. The number of rotatable bonds is 14. The van der Waals surface area contributed by atoms with E-state index in [4.69, 9.17) is 5.11 Å². The van der Waals surface area contributed by atoms with Crippen LogP contribution in [0.4, 0.5) is 0 Å². The van der Waals surface area contributed by atoms with Crippen molar-refractivity contribution in [2.24, 2.45) is 4.99 Å². The largest absolute Gasteiger partial charge is 0.395 e. The molecule has 0 aromatic carbocycles. The van der Waals surface area contributed by atoms with Crippen molar-refractivity contribution < 1.29 is 5.11 Å². The monoisotopic (exact) mass is 308 g/mol. The molecule has 0 saturated carbocycles. The van der Waals surface area contributed by atoms with Crippen LogP contribution < -0.4 is 0 Å². The fourth-order valence-electron chi connectivity index (χ4n) is 3.05. The molecule has 0 spiro atoms. The van der Waals surface area contributed by atoms with Crippen LogP contribution >= 0.6 is 0 Å². The molecule has 3 nitrogen and oxygen atoms in total. The van der Waals surface area contributed by atoms with Gasteiger partial charge in [-0.1, -0.05) is 57.6 Å². The standard InChI is InChI=1S/C19H36N2O/c1-2-3-4-5-6-7-8-9-10-11-12-13-14-19-20-15-16-21(19)17-18-22/h3-4,15,19,22H,2,5-14,16-18H2,1H3/b4-3+. The zero-order valence-corrected chi connectivity index (χ0v) is 14.6. The lowest BCUT2D eigenvalue weighted by Gasteiger charge is -2.21. The van der Waals surface area contributed by atoms with Crippen LogP contribution in [0.25, 0.3) is 0 Å². The van der Waals surface area contributed by atoms with Crippen molar-refractivity contribution in [2.45, 2.75) is 83.7 Å². The van der Waals surface area contributed by atoms with E-state index >= 15 is 0 Å². The van der Waals surface area contributed by atoms with Gasteiger partial charge in [0, 0.05) is 19.3 Å². The minimum Gasteiger partial charge on any atom is -0.395 e. The normalized spacial score (nSPS) is 18.7. The Bertz CT molecular complexity index is 302. The fourth-order valence-corrected chi connectivity index (χ4v) is 3.05. The minimum atomic E-state index is 0.244. The molecule has 0 aromatic heterocycles. The molecular formula is C19H36N2O. The number of aliphatic hydroxyl groups excluding tert-OH is 1. The summed E-state index contributed by atoms with van der Waals surface area (Å²) in [6.07, 6.45) is 21.4. The quantitative estimate of drug-likeness (QED) is 0.377. The summed E-state index contributed by atoms with van der Waals surface area (Å²) < 4.78 is 0. The maximum atomic E-state index is 9.02. The molecule has 1 N–H and O–H groups in total. The van der Waals surface area contributed by atoms with Gasteiger partial charge in [-0.3, -0.25) is 9.89 Å². The van der Waals surface area contributed by atoms with Crippen LogP contribution in [-0.2, 0) is 0 Å². The molecule has 1 rings (SSSR count). The van der Waals surface area contributed by atoms with Crippen LogP contribution in [0.3, 0.4) is 0 Å². The van der Waals surface area contributed by atoms with Crippen molar-refractivity contribution in [1.82, 2.24) is 4.90 Å². The average Bonchev–Trinajstić information content (AvgIpc) is 2.96. The molecule has 1 aliphatic heterocycles. The highest BCUT2D eigenvalue weighted by Crippen LogP contribution is 2.16. The van der Waals surface area contributed by atoms with E-state index in [2.05, 4.69) is 29.0 Å². The van der Waals surface area contributed by atoms with Crippen LogP contribution in [0.5, 0.6) is 0 Å². The van der Waals surface area contributed by atoms with Crippen LogP contribution in [0.1, 0.15) is 77.6 Å². The minimum absolute atomic E-state index is 0.244. The second kappa shape index (κ2) is 14.0. The smallest absolute Gasteiger partial charge is 0.102 e. The average molecular weight is 309 g/mol. The van der Waals surface area contributed by atoms with Crippen LogP contribution in [0.2, 0.25) is 0 Å². The number of β-amino-alcohol motifs (C(OH)–C–C–N with tert-alkyl or cyclic N) is 1. The Morgan fingerprint density at radius 2 is 1.73 bits per heavy atom. The zero-order valence-electron chi connectivity index (χ0n) is 14.6. The highest BCUT2D eigenvalue weighted by Gasteiger charge is 2.19. The second-order valence-corrected chi connectivity index (χ2v) is 6.32. The van der Waals surface area contributed by atoms with Crippen LogP contribution in [-0.4, -0.2) is 42.1 Å². The molecule has 1 unspecified atom stereocenters. The van der Waals surface area contributed by atoms with Gasteiger partial charge in [0.25, 0.3) is 0 Å². The third kappa shape index (κ3) is 9.37. The molecule has 1 aliphatic rings. The van der Waals surface area contributed by atoms with Crippen molar-refractivity contribution in [2.75, 3.05) is 19.7 Å². The van der Waals surface area contributed by atoms with Crippen LogP contribution in [0.15, 0.2) is 17.1 Å². The number of unbranched alkanes of at least 4 members (excludes halogenated alkanes) is 8. The predicted molar refractivity (Wildman–Crippen MR) is 96.5 cm³/mol. The molecule has 0 bridgehead atoms. The van der Waals surface area contributed by atoms with E-state index in [1.165, 1.54) is 64.2 Å². The summed E-state index contributed by atoms with van der Waals surface area (Å²) in [5.41, 5.74) is 0. The van der Waals surface area contributed by atoms with Gasteiger partial charge in [-0.2, -0.15) is 0 Å². The number of hydrogen-bond acceptors (Lipinski definition) is 3. The van der Waals surface area contributed by atoms with E-state index in [-0.39, 0.29) is 6.61 Å². The highest BCUT2D eigenvalue weighted by atomic mass is 16.3. The van der Waals surface area contributed by atoms with E-state index in [0.717, 1.165) is 19.5 Å². The Morgan fingerprint density at radius 3 is 2.41 bits per heavy atom. The Morgan fingerprint density at radius 1 is 1.05 bits per heavy atom. The molecule has 1 atom stereocenters. The van der Waals surface area contributed by atoms with Crippen molar-refractivity contribution >= 4 is 6.21 Å². The van der Waals surface area contributed by atoms with E-state index in [0.29, 0.717) is 6.17 Å². The molecule has 0 aromatic rings. The summed E-state index contributed by atoms with van der Waals surface area (Å²) in [4.78, 5) is 6.78. The van der Waals surface area contributed by atoms with Gasteiger partial charge in [0.05, 0.1) is 6.61 Å². The molecule has 3 heteroatoms. The Balaban J connectivity index is 1.83. The molecule has 0 saturated heterocycles. The van der Waals surface area contributed by atoms with E-state index in [1.807, 2.05) is 6.21 Å². The molecule has 0 fully saturated rings. The number of aliphatic imine (C=N–C) groups is 1. The van der Waals surface area contributed by atoms with Gasteiger partial charge < -0.3 is 5.11 Å². The van der Waals surface area contributed by atoms with Gasteiger partial charge >= 0.3 is 0 Å². The van der Waals surface area contributed by atoms with Crippen molar-refractivity contribution in [3.8, 4) is 0 Å². The second-order valence-electron chi connectivity index (χ2n) is 6.32. The SMILES string of the molecule is CC/C=C/CCCCCCCCCCC1N=CCN1CCO. The molecular weight excluding hydrogens is 272 g/mol. The molecule has 128 valence electrons. The van der Waals surface area contributed by atoms with Gasteiger partial charge in [-0.15, -0.1) is 0 Å². The summed E-state index contributed by atoms with van der Waals surface area (Å²) in [6, 6.07) is 0. The molecule has 0 amide bonds. The van der Waals surface area contributed by atoms with Gasteiger partial charge in [-0.05, 0) is 32.1 Å². The first-order valence-corrected chi connectivity index (χ1v) is 9.40. The lowest BCUT2D eigenvalue weighted by molar-refractivity contribution is 0.176. The summed E-state index contributed by atoms with van der Waals surface area (Å²) >= 11 is 0. The van der Waals surface area contributed by atoms with Gasteiger partial charge in [0.15, 0.2) is 0 Å². The highest BCUT2D eigenvalue weighted by molar-refractivity contribution is 5.62. The summed E-state index contributed by atoms with van der Waals surface area (Å²) in [7, 11) is 0. The zero-order chi connectivity index (χ0) is 15.9. The Hall–Kier alpha value is -0.670. The first kappa shape index (κ1) is 19.4. The Kier molecular flexibility index (Phi) is 12.3. The first-order chi connectivity index (χ1) is 10.9. The van der Waals surface area contributed by atoms with Gasteiger partial charge in [0.1, 0.15) is 6.17 Å². The van der Waals surface area contributed by atoms with Crippen molar-refractivity contribution in [1.29, 1.82) is 0 Å². The van der Waals surface area contributed by atoms with Crippen molar-refractivity contribution in [3.63, 3.8) is 0 Å². The number of nitrogens with zero attached hydrogens (tertiary/aromatic N) is 2. The third-order valence-electron chi connectivity index (χ3n) is 4.39. The van der Waals surface area contributed by atoms with E-state index in [1.54, 1.807) is 0 Å². The van der Waals surface area contributed by atoms with Crippen LogP contribution in [0, 0.1) is 0 Å². The number of hydrogen-bond donors (Lipinski definition) is 1. The topological polar surface area (TPSA) is 35.8 Å². The van der Waals surface area contributed by atoms with Gasteiger partial charge in [-0.25, -0.2) is 0 Å². The summed E-state index contributed by atoms with van der Waals surface area (Å²) in [5, 5.41) is 9.02. The molecule has 1 heterocycles. The first-order valence-electron chi connectivity index (χ1n) is 9.40. The van der Waals surface area contributed by atoms with E-state index in [9.17, 15) is 0 Å². The number of aliphatic hydroxyl groups is 1. The lowest BCUT2D eigenvalue weighted by Crippen LogP contribution is -2.32. The summed E-state index contributed by atoms with van der Waals surface area (Å²) in [5.74, 6) is 0. The summed E-state index contributed by atoms with van der Waals surface area (Å²) in [6.45, 7) is 4.12. The number of allylic oxidation sites excluding steroid dienone is 2. The fraction of sp³-hybridized carbons (Fsp3) is 0.842. The predicted octanol–water partition coefficient (Wildman–Crippen LogP) is 4.56. The van der Waals surface area contributed by atoms with Crippen molar-refractivity contribution in [3.05, 3.63) is 12.2 Å².